The molecule has 0 aromatic heterocycles. The average Bonchev–Trinajstić information content (AvgIpc) is 2.58. The van der Waals surface area contributed by atoms with Crippen LogP contribution < -0.4 is 5.73 Å². The molecule has 0 aliphatic heterocycles. The number of halogens is 2. The van der Waals surface area contributed by atoms with Crippen LogP contribution in [-0.4, -0.2) is 0 Å². The van der Waals surface area contributed by atoms with E-state index in [0.29, 0.717) is 12.0 Å². The van der Waals surface area contributed by atoms with Crippen molar-refractivity contribution in [3.63, 3.8) is 0 Å². The summed E-state index contributed by atoms with van der Waals surface area (Å²) in [7, 11) is 0. The quantitative estimate of drug-likeness (QED) is 0.693. The molecule has 2 N–H and O–H groups in total. The molecule has 0 saturated heterocycles. The van der Waals surface area contributed by atoms with Crippen LogP contribution in [0.5, 0.6) is 0 Å². The van der Waals surface area contributed by atoms with Crippen molar-refractivity contribution < 1.29 is 8.78 Å². The van der Waals surface area contributed by atoms with Crippen LogP contribution in [0.3, 0.4) is 0 Å². The summed E-state index contributed by atoms with van der Waals surface area (Å²) in [6, 6.07) is 20.2. The van der Waals surface area contributed by atoms with Crippen LogP contribution in [0.15, 0.2) is 66.7 Å². The van der Waals surface area contributed by atoms with E-state index in [1.165, 1.54) is 6.07 Å². The summed E-state index contributed by atoms with van der Waals surface area (Å²) in [5, 5.41) is 0. The first-order valence-electron chi connectivity index (χ1n) is 7.48. The minimum atomic E-state index is -0.664. The maximum atomic E-state index is 14.8. The number of hydrogen-bond acceptors (Lipinski definition) is 1. The normalized spacial score (nSPS) is 10.7. The summed E-state index contributed by atoms with van der Waals surface area (Å²) in [5.41, 5.74) is 8.00. The van der Waals surface area contributed by atoms with Crippen LogP contribution in [0.1, 0.15) is 22.3 Å². The van der Waals surface area contributed by atoms with Crippen molar-refractivity contribution in [1.82, 2.24) is 0 Å². The summed E-state index contributed by atoms with van der Waals surface area (Å²) in [6.45, 7) is 0. The molecule has 0 spiro atoms. The van der Waals surface area contributed by atoms with Gasteiger partial charge in [-0.1, -0.05) is 60.7 Å². The van der Waals surface area contributed by atoms with Gasteiger partial charge in [0.25, 0.3) is 0 Å². The minimum absolute atomic E-state index is 0.0109. The fourth-order valence-corrected chi connectivity index (χ4v) is 2.68. The highest BCUT2D eigenvalue weighted by molar-refractivity contribution is 5.50. The topological polar surface area (TPSA) is 26.0 Å². The Bertz CT molecular complexity index is 799. The lowest BCUT2D eigenvalue weighted by Gasteiger charge is -2.12. The van der Waals surface area contributed by atoms with Crippen molar-refractivity contribution in [1.29, 1.82) is 0 Å². The lowest BCUT2D eigenvalue weighted by molar-refractivity contribution is 0.556. The van der Waals surface area contributed by atoms with E-state index in [0.717, 1.165) is 11.1 Å². The predicted molar refractivity (Wildman–Crippen MR) is 89.3 cm³/mol. The zero-order valence-electron chi connectivity index (χ0n) is 12.6. The Morgan fingerprint density at radius 1 is 0.696 bits per heavy atom. The van der Waals surface area contributed by atoms with Crippen molar-refractivity contribution >= 4 is 5.69 Å². The van der Waals surface area contributed by atoms with Gasteiger partial charge in [0.1, 0.15) is 5.82 Å². The van der Waals surface area contributed by atoms with Crippen molar-refractivity contribution in [3.05, 3.63) is 101 Å². The molecule has 0 aliphatic carbocycles. The molecule has 3 heteroatoms. The third-order valence-electron chi connectivity index (χ3n) is 3.86. The Balaban J connectivity index is 1.99. The molecule has 0 saturated carbocycles. The van der Waals surface area contributed by atoms with E-state index in [-0.39, 0.29) is 17.7 Å². The van der Waals surface area contributed by atoms with Gasteiger partial charge in [0.15, 0.2) is 5.82 Å². The van der Waals surface area contributed by atoms with Gasteiger partial charge < -0.3 is 5.73 Å². The lowest BCUT2D eigenvalue weighted by atomic mass is 9.97. The third kappa shape index (κ3) is 3.39. The van der Waals surface area contributed by atoms with E-state index in [1.807, 2.05) is 60.7 Å². The molecular formula is C20H17F2N. The van der Waals surface area contributed by atoms with Gasteiger partial charge in [-0.15, -0.1) is 0 Å². The molecule has 0 heterocycles. The van der Waals surface area contributed by atoms with Gasteiger partial charge in [-0.05, 0) is 22.8 Å². The number of rotatable bonds is 4. The molecule has 0 atom stereocenters. The molecule has 3 aromatic carbocycles. The monoisotopic (exact) mass is 309 g/mol. The number of nitrogen functional groups attached to an aromatic ring is 1. The zero-order valence-corrected chi connectivity index (χ0v) is 12.6. The molecule has 0 unspecified atom stereocenters. The molecule has 0 radical (unpaired) electrons. The smallest absolute Gasteiger partial charge is 0.152 e. The maximum absolute atomic E-state index is 14.8. The van der Waals surface area contributed by atoms with Gasteiger partial charge in [0.05, 0.1) is 5.69 Å². The third-order valence-corrected chi connectivity index (χ3v) is 3.86. The van der Waals surface area contributed by atoms with Gasteiger partial charge in [0.2, 0.25) is 0 Å². The molecule has 3 aromatic rings. The summed E-state index contributed by atoms with van der Waals surface area (Å²) in [5.74, 6) is -1.17. The number of nitrogens with two attached hydrogens (primary N) is 1. The van der Waals surface area contributed by atoms with Crippen LogP contribution in [0.25, 0.3) is 0 Å². The van der Waals surface area contributed by atoms with E-state index in [4.69, 9.17) is 5.73 Å². The fraction of sp³-hybridized carbons (Fsp3) is 0.100. The first kappa shape index (κ1) is 15.2. The highest BCUT2D eigenvalue weighted by Crippen LogP contribution is 2.26. The van der Waals surface area contributed by atoms with Crippen molar-refractivity contribution in [2.75, 3.05) is 5.73 Å². The number of hydrogen-bond donors (Lipinski definition) is 1. The molecular weight excluding hydrogens is 292 g/mol. The second-order valence-electron chi connectivity index (χ2n) is 5.56. The standard InChI is InChI=1S/C20H17F2N/c21-19-16(11-14-7-3-1-4-8-14)13-18(23)20(22)17(19)12-15-9-5-2-6-10-15/h1-10,13H,11-12,23H2. The highest BCUT2D eigenvalue weighted by atomic mass is 19.1. The lowest BCUT2D eigenvalue weighted by Crippen LogP contribution is -2.06. The van der Waals surface area contributed by atoms with Gasteiger partial charge in [0, 0.05) is 18.4 Å². The minimum Gasteiger partial charge on any atom is -0.396 e. The van der Waals surface area contributed by atoms with E-state index in [9.17, 15) is 8.78 Å². The molecule has 116 valence electrons. The molecule has 0 bridgehead atoms. The summed E-state index contributed by atoms with van der Waals surface area (Å²) >= 11 is 0. The predicted octanol–water partition coefficient (Wildman–Crippen LogP) is 4.73. The summed E-state index contributed by atoms with van der Waals surface area (Å²) in [6.07, 6.45) is 0.574. The van der Waals surface area contributed by atoms with Crippen molar-refractivity contribution in [2.24, 2.45) is 0 Å². The summed E-state index contributed by atoms with van der Waals surface area (Å²) < 4.78 is 29.1. The van der Waals surface area contributed by atoms with E-state index >= 15 is 0 Å². The van der Waals surface area contributed by atoms with Crippen LogP contribution >= 0.6 is 0 Å². The Hall–Kier alpha value is -2.68. The fourth-order valence-electron chi connectivity index (χ4n) is 2.68. The first-order valence-corrected chi connectivity index (χ1v) is 7.48. The Morgan fingerprint density at radius 3 is 1.78 bits per heavy atom. The van der Waals surface area contributed by atoms with Crippen LogP contribution in [0.2, 0.25) is 0 Å². The second kappa shape index (κ2) is 6.61. The molecule has 0 amide bonds. The zero-order chi connectivity index (χ0) is 16.2. The van der Waals surface area contributed by atoms with E-state index in [1.54, 1.807) is 0 Å². The van der Waals surface area contributed by atoms with Gasteiger partial charge in [-0.2, -0.15) is 0 Å². The van der Waals surface area contributed by atoms with Crippen molar-refractivity contribution in [2.45, 2.75) is 12.8 Å². The van der Waals surface area contributed by atoms with Crippen LogP contribution in [0.4, 0.5) is 14.5 Å². The first-order chi connectivity index (χ1) is 11.1. The molecule has 0 fully saturated rings. The van der Waals surface area contributed by atoms with Gasteiger partial charge in [-0.25, -0.2) is 8.78 Å². The Labute approximate surface area is 134 Å². The number of benzene rings is 3. The highest BCUT2D eigenvalue weighted by Gasteiger charge is 2.17. The van der Waals surface area contributed by atoms with Gasteiger partial charge in [-0.3, -0.25) is 0 Å². The largest absolute Gasteiger partial charge is 0.396 e. The second-order valence-corrected chi connectivity index (χ2v) is 5.56. The van der Waals surface area contributed by atoms with Crippen molar-refractivity contribution in [3.8, 4) is 0 Å². The SMILES string of the molecule is Nc1cc(Cc2ccccc2)c(F)c(Cc2ccccc2)c1F. The van der Waals surface area contributed by atoms with E-state index in [2.05, 4.69) is 0 Å². The number of anilines is 1. The summed E-state index contributed by atoms with van der Waals surface area (Å²) in [4.78, 5) is 0. The van der Waals surface area contributed by atoms with Crippen LogP contribution in [0, 0.1) is 11.6 Å². The Morgan fingerprint density at radius 2 is 1.22 bits per heavy atom. The average molecular weight is 309 g/mol. The molecule has 3 rings (SSSR count). The molecule has 1 nitrogen and oxygen atoms in total. The van der Waals surface area contributed by atoms with Gasteiger partial charge >= 0.3 is 0 Å². The van der Waals surface area contributed by atoms with E-state index < -0.39 is 11.6 Å². The molecule has 0 aliphatic rings. The maximum Gasteiger partial charge on any atom is 0.152 e. The van der Waals surface area contributed by atoms with Crippen LogP contribution in [-0.2, 0) is 12.8 Å². The molecule has 23 heavy (non-hydrogen) atoms. The Kier molecular flexibility index (Phi) is 4.38.